The fraction of sp³-hybridized carbons (Fsp3) is 0.250. The van der Waals surface area contributed by atoms with E-state index in [2.05, 4.69) is 22.5 Å². The van der Waals surface area contributed by atoms with Crippen LogP contribution in [0.2, 0.25) is 0 Å². The highest BCUT2D eigenvalue weighted by molar-refractivity contribution is 7.20. The zero-order valence-corrected chi connectivity index (χ0v) is 18.6. The van der Waals surface area contributed by atoms with Crippen molar-refractivity contribution in [3.05, 3.63) is 88.2 Å². The molecule has 1 atom stereocenters. The van der Waals surface area contributed by atoms with Crippen LogP contribution in [0, 0.1) is 12.7 Å². The number of amides is 1. The third-order valence-corrected chi connectivity index (χ3v) is 6.47. The normalized spacial score (nSPS) is 12.4. The molecule has 31 heavy (non-hydrogen) atoms. The molecule has 2 aromatic heterocycles. The summed E-state index contributed by atoms with van der Waals surface area (Å²) in [5, 5.41) is 8.66. The number of nitrogens with one attached hydrogen (secondary N) is 1. The molecule has 0 aliphatic rings. The lowest BCUT2D eigenvalue weighted by Gasteiger charge is -2.25. The lowest BCUT2D eigenvalue weighted by molar-refractivity contribution is 0.0946. The van der Waals surface area contributed by atoms with Gasteiger partial charge in [0.25, 0.3) is 5.91 Å². The van der Waals surface area contributed by atoms with E-state index in [9.17, 15) is 9.18 Å². The lowest BCUT2D eigenvalue weighted by atomic mass is 10.1. The van der Waals surface area contributed by atoms with Crippen molar-refractivity contribution in [1.29, 1.82) is 0 Å². The molecule has 1 unspecified atom stereocenters. The highest BCUT2D eigenvalue weighted by atomic mass is 32.1. The van der Waals surface area contributed by atoms with Crippen LogP contribution < -0.4 is 5.32 Å². The minimum absolute atomic E-state index is 0.121. The Bertz CT molecular complexity index is 1200. The number of carbonyl (C=O) groups excluding carboxylic acids is 1. The predicted molar refractivity (Wildman–Crippen MR) is 123 cm³/mol. The molecule has 7 heteroatoms. The van der Waals surface area contributed by atoms with Gasteiger partial charge < -0.3 is 10.2 Å². The van der Waals surface area contributed by atoms with Gasteiger partial charge in [0.2, 0.25) is 0 Å². The molecule has 5 nitrogen and oxygen atoms in total. The smallest absolute Gasteiger partial charge is 0.261 e. The summed E-state index contributed by atoms with van der Waals surface area (Å²) in [5.41, 5.74) is 2.90. The number of benzene rings is 2. The van der Waals surface area contributed by atoms with Gasteiger partial charge in [0.1, 0.15) is 10.6 Å². The largest absolute Gasteiger partial charge is 0.349 e. The molecule has 1 amide bonds. The van der Waals surface area contributed by atoms with Gasteiger partial charge >= 0.3 is 0 Å². The van der Waals surface area contributed by atoms with Crippen LogP contribution in [0.4, 0.5) is 4.39 Å². The van der Waals surface area contributed by atoms with E-state index in [0.29, 0.717) is 18.0 Å². The van der Waals surface area contributed by atoms with E-state index >= 15 is 0 Å². The quantitative estimate of drug-likeness (QED) is 0.460. The molecule has 4 rings (SSSR count). The van der Waals surface area contributed by atoms with Crippen LogP contribution in [0.3, 0.4) is 0 Å². The number of aryl methyl sites for hydroxylation is 1. The van der Waals surface area contributed by atoms with Crippen molar-refractivity contribution in [1.82, 2.24) is 20.0 Å². The maximum Gasteiger partial charge on any atom is 0.261 e. The lowest BCUT2D eigenvalue weighted by Crippen LogP contribution is -2.34. The van der Waals surface area contributed by atoms with E-state index in [1.165, 1.54) is 23.5 Å². The maximum absolute atomic E-state index is 13.7. The Hall–Kier alpha value is -3.03. The van der Waals surface area contributed by atoms with Crippen molar-refractivity contribution < 1.29 is 9.18 Å². The van der Waals surface area contributed by atoms with E-state index in [1.54, 1.807) is 6.07 Å². The molecule has 2 aromatic carbocycles. The summed E-state index contributed by atoms with van der Waals surface area (Å²) in [7, 11) is 3.84. The molecular weight excluding hydrogens is 411 g/mol. The summed E-state index contributed by atoms with van der Waals surface area (Å²) in [6.45, 7) is 3.01. The van der Waals surface area contributed by atoms with Gasteiger partial charge in [-0.3, -0.25) is 9.48 Å². The average Bonchev–Trinajstić information content (AvgIpc) is 3.30. The number of rotatable bonds is 7. The van der Waals surface area contributed by atoms with E-state index in [0.717, 1.165) is 27.0 Å². The summed E-state index contributed by atoms with van der Waals surface area (Å²) in [6.07, 6.45) is 0. The Morgan fingerprint density at radius 1 is 1.16 bits per heavy atom. The molecule has 0 saturated carbocycles. The second-order valence-corrected chi connectivity index (χ2v) is 8.83. The van der Waals surface area contributed by atoms with Crippen LogP contribution in [-0.2, 0) is 6.54 Å². The van der Waals surface area contributed by atoms with Crippen molar-refractivity contribution in [2.45, 2.75) is 19.5 Å². The van der Waals surface area contributed by atoms with Crippen molar-refractivity contribution in [2.24, 2.45) is 0 Å². The first-order chi connectivity index (χ1) is 14.9. The predicted octanol–water partition coefficient (Wildman–Crippen LogP) is 4.63. The summed E-state index contributed by atoms with van der Waals surface area (Å²) in [4.78, 5) is 16.5. The SMILES string of the molecule is Cc1nn(Cc2ccccc2)c2sc(C(=O)NCC(c3cccc(F)c3)N(C)C)cc12. The Morgan fingerprint density at radius 3 is 2.65 bits per heavy atom. The molecule has 2 heterocycles. The standard InChI is InChI=1S/C24H25FN4OS/c1-16-20-13-22(31-24(20)29(27-16)15-17-8-5-4-6-9-17)23(30)26-14-21(28(2)3)18-10-7-11-19(25)12-18/h4-13,21H,14-15H2,1-3H3,(H,26,30). The molecule has 0 fully saturated rings. The Kier molecular flexibility index (Phi) is 6.15. The monoisotopic (exact) mass is 436 g/mol. The van der Waals surface area contributed by atoms with E-state index < -0.39 is 0 Å². The zero-order chi connectivity index (χ0) is 22.0. The number of aromatic nitrogens is 2. The van der Waals surface area contributed by atoms with Crippen LogP contribution >= 0.6 is 11.3 Å². The minimum Gasteiger partial charge on any atom is -0.349 e. The van der Waals surface area contributed by atoms with Crippen LogP contribution in [0.1, 0.15) is 32.5 Å². The van der Waals surface area contributed by atoms with Crippen LogP contribution in [-0.4, -0.2) is 41.2 Å². The van der Waals surface area contributed by atoms with Crippen LogP contribution in [0.15, 0.2) is 60.7 Å². The van der Waals surface area contributed by atoms with Crippen molar-refractivity contribution in [3.63, 3.8) is 0 Å². The number of carbonyl (C=O) groups is 1. The average molecular weight is 437 g/mol. The van der Waals surface area contributed by atoms with Gasteiger partial charge in [0.05, 0.1) is 23.2 Å². The van der Waals surface area contributed by atoms with Gasteiger partial charge in [-0.25, -0.2) is 4.39 Å². The van der Waals surface area contributed by atoms with E-state index in [-0.39, 0.29) is 17.8 Å². The van der Waals surface area contributed by atoms with Gasteiger partial charge in [-0.15, -0.1) is 11.3 Å². The van der Waals surface area contributed by atoms with Crippen molar-refractivity contribution in [3.8, 4) is 0 Å². The second kappa shape index (κ2) is 8.99. The molecule has 0 saturated heterocycles. The summed E-state index contributed by atoms with van der Waals surface area (Å²) in [6, 6.07) is 18.4. The van der Waals surface area contributed by atoms with Gasteiger partial charge in [0.15, 0.2) is 0 Å². The van der Waals surface area contributed by atoms with Gasteiger partial charge in [-0.2, -0.15) is 5.10 Å². The first-order valence-electron chi connectivity index (χ1n) is 10.1. The molecule has 0 bridgehead atoms. The van der Waals surface area contributed by atoms with Crippen LogP contribution in [0.25, 0.3) is 10.2 Å². The van der Waals surface area contributed by atoms with Crippen LogP contribution in [0.5, 0.6) is 0 Å². The highest BCUT2D eigenvalue weighted by Gasteiger charge is 2.19. The summed E-state index contributed by atoms with van der Waals surface area (Å²) in [5.74, 6) is -0.409. The molecule has 0 radical (unpaired) electrons. The third kappa shape index (κ3) is 4.68. The van der Waals surface area contributed by atoms with Gasteiger partial charge in [0, 0.05) is 11.9 Å². The van der Waals surface area contributed by atoms with Crippen molar-refractivity contribution >= 4 is 27.5 Å². The Balaban J connectivity index is 1.52. The molecular formula is C24H25FN4OS. The fourth-order valence-electron chi connectivity index (χ4n) is 3.68. The molecule has 160 valence electrons. The Morgan fingerprint density at radius 2 is 1.94 bits per heavy atom. The highest BCUT2D eigenvalue weighted by Crippen LogP contribution is 2.29. The van der Waals surface area contributed by atoms with Gasteiger partial charge in [-0.05, 0) is 50.3 Å². The number of fused-ring (bicyclic) bond motifs is 1. The molecule has 0 spiro atoms. The summed E-state index contributed by atoms with van der Waals surface area (Å²) < 4.78 is 15.6. The van der Waals surface area contributed by atoms with Crippen molar-refractivity contribution in [2.75, 3.05) is 20.6 Å². The number of hydrogen-bond acceptors (Lipinski definition) is 4. The fourth-order valence-corrected chi connectivity index (χ4v) is 4.75. The number of thiophene rings is 1. The zero-order valence-electron chi connectivity index (χ0n) is 17.8. The molecule has 1 N–H and O–H groups in total. The van der Waals surface area contributed by atoms with Gasteiger partial charge in [-0.1, -0.05) is 42.5 Å². The van der Waals surface area contributed by atoms with E-state index in [1.807, 2.05) is 60.9 Å². The summed E-state index contributed by atoms with van der Waals surface area (Å²) >= 11 is 1.45. The first-order valence-corrected chi connectivity index (χ1v) is 10.9. The molecule has 0 aliphatic carbocycles. The first kappa shape index (κ1) is 21.2. The number of likely N-dealkylation sites (N-methyl/N-ethyl adjacent to an activating group) is 1. The third-order valence-electron chi connectivity index (χ3n) is 5.32. The number of nitrogens with zero attached hydrogens (tertiary/aromatic N) is 3. The minimum atomic E-state index is -0.279. The molecule has 4 aromatic rings. The second-order valence-electron chi connectivity index (χ2n) is 7.80. The Labute approximate surface area is 185 Å². The van der Waals surface area contributed by atoms with E-state index in [4.69, 9.17) is 0 Å². The number of hydrogen-bond donors (Lipinski definition) is 1. The molecule has 0 aliphatic heterocycles. The maximum atomic E-state index is 13.7. The number of halogens is 1. The topological polar surface area (TPSA) is 50.2 Å².